The van der Waals surface area contributed by atoms with E-state index in [2.05, 4.69) is 27.8 Å². The number of carbonyl (C=O) groups is 1. The van der Waals surface area contributed by atoms with Crippen molar-refractivity contribution in [3.05, 3.63) is 28.2 Å². The molecule has 6 heteroatoms. The summed E-state index contributed by atoms with van der Waals surface area (Å²) in [5, 5.41) is 0. The summed E-state index contributed by atoms with van der Waals surface area (Å²) in [6.07, 6.45) is -0.229. The molecule has 0 unspecified atom stereocenters. The van der Waals surface area contributed by atoms with E-state index in [-0.39, 0.29) is 12.1 Å². The van der Waals surface area contributed by atoms with Gasteiger partial charge in [0.2, 0.25) is 0 Å². The minimum Gasteiger partial charge on any atom is -0.496 e. The molecule has 0 aromatic heterocycles. The van der Waals surface area contributed by atoms with Crippen LogP contribution in [0.3, 0.4) is 0 Å². The molecule has 0 N–H and O–H groups in total. The van der Waals surface area contributed by atoms with E-state index >= 15 is 0 Å². The van der Waals surface area contributed by atoms with Gasteiger partial charge >= 0.3 is 6.09 Å². The van der Waals surface area contributed by atoms with Crippen LogP contribution in [0, 0.1) is 0 Å². The van der Waals surface area contributed by atoms with Crippen LogP contribution in [0.4, 0.5) is 4.79 Å². The molecule has 5 nitrogen and oxygen atoms in total. The lowest BCUT2D eigenvalue weighted by Crippen LogP contribution is -2.54. The van der Waals surface area contributed by atoms with Crippen molar-refractivity contribution >= 4 is 22.0 Å². The van der Waals surface area contributed by atoms with Gasteiger partial charge in [-0.15, -0.1) is 0 Å². The third-order valence-electron chi connectivity index (χ3n) is 4.02. The topological polar surface area (TPSA) is 42.0 Å². The molecule has 1 atom stereocenters. The quantitative estimate of drug-likeness (QED) is 0.773. The summed E-state index contributed by atoms with van der Waals surface area (Å²) in [4.78, 5) is 16.5. The Bertz CT molecular complexity index is 586. The van der Waals surface area contributed by atoms with E-state index in [1.165, 1.54) is 0 Å². The van der Waals surface area contributed by atoms with E-state index in [0.29, 0.717) is 6.54 Å². The second-order valence-corrected chi connectivity index (χ2v) is 8.03. The van der Waals surface area contributed by atoms with Gasteiger partial charge in [0.25, 0.3) is 0 Å². The zero-order valence-electron chi connectivity index (χ0n) is 15.1. The van der Waals surface area contributed by atoms with Gasteiger partial charge in [0, 0.05) is 42.3 Å². The van der Waals surface area contributed by atoms with Gasteiger partial charge < -0.3 is 14.4 Å². The van der Waals surface area contributed by atoms with Crippen LogP contribution in [-0.2, 0) is 11.3 Å². The molecule has 0 saturated carbocycles. The fourth-order valence-corrected chi connectivity index (χ4v) is 3.35. The third kappa shape index (κ3) is 4.86. The van der Waals surface area contributed by atoms with Crippen LogP contribution in [0.2, 0.25) is 0 Å². The van der Waals surface area contributed by atoms with Gasteiger partial charge in [-0.25, -0.2) is 4.79 Å². The first kappa shape index (κ1) is 19.1. The summed E-state index contributed by atoms with van der Waals surface area (Å²) in [5.41, 5.74) is 0.675. The molecule has 134 valence electrons. The van der Waals surface area contributed by atoms with Crippen LogP contribution in [0.1, 0.15) is 33.3 Å². The van der Waals surface area contributed by atoms with Gasteiger partial charge in [0.15, 0.2) is 0 Å². The molecule has 1 saturated heterocycles. The number of halogens is 1. The van der Waals surface area contributed by atoms with Crippen LogP contribution in [0.25, 0.3) is 0 Å². The van der Waals surface area contributed by atoms with Gasteiger partial charge in [-0.2, -0.15) is 0 Å². The van der Waals surface area contributed by atoms with E-state index in [1.807, 2.05) is 43.9 Å². The molecular formula is C18H27BrN2O3. The lowest BCUT2D eigenvalue weighted by Gasteiger charge is -2.40. The number of methoxy groups -OCH3 is 1. The molecular weight excluding hydrogens is 372 g/mol. The molecule has 2 rings (SSSR count). The summed E-state index contributed by atoms with van der Waals surface area (Å²) < 4.78 is 12.0. The van der Waals surface area contributed by atoms with Gasteiger partial charge in [0.05, 0.1) is 7.11 Å². The summed E-state index contributed by atoms with van der Waals surface area (Å²) >= 11 is 3.61. The summed E-state index contributed by atoms with van der Waals surface area (Å²) in [6, 6.07) is 6.08. The van der Waals surface area contributed by atoms with Crippen molar-refractivity contribution in [1.29, 1.82) is 0 Å². The highest BCUT2D eigenvalue weighted by molar-refractivity contribution is 9.10. The lowest BCUT2D eigenvalue weighted by molar-refractivity contribution is 0.000460. The van der Waals surface area contributed by atoms with Crippen molar-refractivity contribution in [3.63, 3.8) is 0 Å². The van der Waals surface area contributed by atoms with E-state index in [0.717, 1.165) is 35.4 Å². The number of hydrogen-bond acceptors (Lipinski definition) is 4. The highest BCUT2D eigenvalue weighted by Crippen LogP contribution is 2.29. The molecule has 1 aromatic carbocycles. The maximum atomic E-state index is 12.3. The molecule has 1 aliphatic heterocycles. The van der Waals surface area contributed by atoms with Gasteiger partial charge in [-0.05, 0) is 39.8 Å². The first-order valence-corrected chi connectivity index (χ1v) is 9.04. The van der Waals surface area contributed by atoms with Gasteiger partial charge in [-0.3, -0.25) is 4.90 Å². The van der Waals surface area contributed by atoms with Crippen molar-refractivity contribution in [2.45, 2.75) is 45.9 Å². The highest BCUT2D eigenvalue weighted by atomic mass is 79.9. The van der Waals surface area contributed by atoms with Crippen molar-refractivity contribution in [2.75, 3.05) is 26.7 Å². The lowest BCUT2D eigenvalue weighted by atomic mass is 10.1. The van der Waals surface area contributed by atoms with Crippen molar-refractivity contribution in [1.82, 2.24) is 9.80 Å². The fraction of sp³-hybridized carbons (Fsp3) is 0.611. The van der Waals surface area contributed by atoms with Crippen LogP contribution >= 0.6 is 15.9 Å². The highest BCUT2D eigenvalue weighted by Gasteiger charge is 2.31. The summed E-state index contributed by atoms with van der Waals surface area (Å²) in [7, 11) is 1.69. The van der Waals surface area contributed by atoms with E-state index in [9.17, 15) is 4.79 Å². The molecule has 1 fully saturated rings. The average molecular weight is 399 g/mol. The number of benzene rings is 1. The second-order valence-electron chi connectivity index (χ2n) is 7.18. The Balaban J connectivity index is 2.00. The van der Waals surface area contributed by atoms with Crippen LogP contribution in [0.5, 0.6) is 5.75 Å². The zero-order valence-corrected chi connectivity index (χ0v) is 16.7. The molecule has 0 aliphatic carbocycles. The Kier molecular flexibility index (Phi) is 6.15. The van der Waals surface area contributed by atoms with Crippen LogP contribution < -0.4 is 4.74 Å². The Morgan fingerprint density at radius 2 is 2.04 bits per heavy atom. The molecule has 1 heterocycles. The number of nitrogens with zero attached hydrogens (tertiary/aromatic N) is 2. The molecule has 1 aromatic rings. The number of amides is 1. The summed E-state index contributed by atoms with van der Waals surface area (Å²) in [6.45, 7) is 10.8. The minimum atomic E-state index is -0.462. The largest absolute Gasteiger partial charge is 0.496 e. The predicted octanol–water partition coefficient (Wildman–Crippen LogP) is 3.90. The summed E-state index contributed by atoms with van der Waals surface area (Å²) in [5.74, 6) is 0.881. The smallest absolute Gasteiger partial charge is 0.410 e. The molecule has 0 radical (unpaired) electrons. The Morgan fingerprint density at radius 1 is 1.33 bits per heavy atom. The minimum absolute atomic E-state index is 0.113. The average Bonchev–Trinajstić information content (AvgIpc) is 2.47. The Labute approximate surface area is 153 Å². The van der Waals surface area contributed by atoms with Crippen molar-refractivity contribution < 1.29 is 14.3 Å². The molecule has 24 heavy (non-hydrogen) atoms. The van der Waals surface area contributed by atoms with E-state index in [1.54, 1.807) is 7.11 Å². The van der Waals surface area contributed by atoms with Crippen molar-refractivity contribution in [2.24, 2.45) is 0 Å². The van der Waals surface area contributed by atoms with Crippen molar-refractivity contribution in [3.8, 4) is 5.75 Å². The first-order chi connectivity index (χ1) is 11.2. The first-order valence-electron chi connectivity index (χ1n) is 8.24. The SMILES string of the molecule is COc1cccc(Br)c1CN1CCN(C(=O)OC(C)(C)C)[C@H](C)C1. The van der Waals surface area contributed by atoms with E-state index < -0.39 is 5.60 Å². The molecule has 1 amide bonds. The molecule has 0 bridgehead atoms. The van der Waals surface area contributed by atoms with Gasteiger partial charge in [-0.1, -0.05) is 22.0 Å². The molecule has 0 spiro atoms. The van der Waals surface area contributed by atoms with Crippen LogP contribution in [0.15, 0.2) is 22.7 Å². The predicted molar refractivity (Wildman–Crippen MR) is 98.4 cm³/mol. The Hall–Kier alpha value is -1.27. The maximum absolute atomic E-state index is 12.3. The zero-order chi connectivity index (χ0) is 17.9. The second kappa shape index (κ2) is 7.74. The van der Waals surface area contributed by atoms with Crippen LogP contribution in [-0.4, -0.2) is 54.3 Å². The monoisotopic (exact) mass is 398 g/mol. The maximum Gasteiger partial charge on any atom is 0.410 e. The fourth-order valence-electron chi connectivity index (χ4n) is 2.88. The number of rotatable bonds is 3. The third-order valence-corrected chi connectivity index (χ3v) is 4.76. The number of hydrogen-bond donors (Lipinski definition) is 0. The number of ether oxygens (including phenoxy) is 2. The van der Waals surface area contributed by atoms with Gasteiger partial charge in [0.1, 0.15) is 11.4 Å². The standard InChI is InChI=1S/C18H27BrN2O3/c1-13-11-20(9-10-21(13)17(22)24-18(2,3)4)12-14-15(19)7-6-8-16(14)23-5/h6-8,13H,9-12H2,1-5H3/t13-/m1/s1. The number of piperazine rings is 1. The normalized spacial score (nSPS) is 19.2. The Morgan fingerprint density at radius 3 is 2.62 bits per heavy atom. The number of carbonyl (C=O) groups excluding carboxylic acids is 1. The van der Waals surface area contributed by atoms with E-state index in [4.69, 9.17) is 9.47 Å². The molecule has 1 aliphatic rings.